The number of nitrogens with zero attached hydrogens (tertiary/aromatic N) is 1. The largest absolute Gasteiger partial charge is 0.496 e. The number of ether oxygens (including phenoxy) is 1. The zero-order valence-corrected chi connectivity index (χ0v) is 27.5. The van der Waals surface area contributed by atoms with Crippen molar-refractivity contribution < 1.29 is 4.74 Å². The Bertz CT molecular complexity index is 546. The second-order valence-electron chi connectivity index (χ2n) is 12.0. The summed E-state index contributed by atoms with van der Waals surface area (Å²) in [5, 5.41) is 0. The van der Waals surface area contributed by atoms with Gasteiger partial charge in [-0.2, -0.15) is 0 Å². The summed E-state index contributed by atoms with van der Waals surface area (Å²) in [4.78, 5) is 4.39. The Morgan fingerprint density at radius 1 is 0.600 bits per heavy atom. The number of hydrogen-bond acceptors (Lipinski definition) is 2. The van der Waals surface area contributed by atoms with Gasteiger partial charge in [0.05, 0.1) is 11.9 Å². The van der Waals surface area contributed by atoms with Crippen LogP contribution >= 0.6 is 0 Å². The molecule has 0 aromatic rings. The van der Waals surface area contributed by atoms with Crippen LogP contribution in [0.2, 0.25) is 0 Å². The van der Waals surface area contributed by atoms with Crippen molar-refractivity contribution in [2.24, 2.45) is 40.5 Å². The molecule has 0 fully saturated rings. The van der Waals surface area contributed by atoms with Crippen LogP contribution in [0.4, 0.5) is 0 Å². The highest BCUT2D eigenvalue weighted by Crippen LogP contribution is 2.15. The van der Waals surface area contributed by atoms with Gasteiger partial charge in [0, 0.05) is 17.7 Å². The summed E-state index contributed by atoms with van der Waals surface area (Å²) in [7, 11) is 0. The van der Waals surface area contributed by atoms with Gasteiger partial charge in [-0.05, 0) is 71.1 Å². The highest BCUT2D eigenvalue weighted by Gasteiger charge is 2.03. The van der Waals surface area contributed by atoms with E-state index in [-0.39, 0.29) is 6.10 Å². The molecule has 35 heavy (non-hydrogen) atoms. The summed E-state index contributed by atoms with van der Waals surface area (Å²) in [6, 6.07) is 0.451. The molecule has 0 heterocycles. The highest BCUT2D eigenvalue weighted by atomic mass is 16.5. The van der Waals surface area contributed by atoms with E-state index in [1.165, 1.54) is 16.9 Å². The molecule has 0 rings (SSSR count). The molecule has 0 saturated heterocycles. The second-order valence-corrected chi connectivity index (χ2v) is 12.0. The van der Waals surface area contributed by atoms with Gasteiger partial charge in [0.1, 0.15) is 0 Å². The van der Waals surface area contributed by atoms with E-state index in [9.17, 15) is 0 Å². The van der Waals surface area contributed by atoms with E-state index in [0.717, 1.165) is 5.76 Å². The van der Waals surface area contributed by atoms with Gasteiger partial charge in [-0.25, -0.2) is 0 Å². The van der Waals surface area contributed by atoms with Crippen molar-refractivity contribution in [3.05, 3.63) is 36.1 Å². The maximum absolute atomic E-state index is 5.32. The Balaban J connectivity index is -0.000000183. The molecule has 0 saturated carbocycles. The molecule has 2 nitrogen and oxygen atoms in total. The van der Waals surface area contributed by atoms with Gasteiger partial charge < -0.3 is 4.74 Å². The van der Waals surface area contributed by atoms with Gasteiger partial charge >= 0.3 is 0 Å². The Morgan fingerprint density at radius 2 is 1.00 bits per heavy atom. The first-order chi connectivity index (χ1) is 15.7. The molecule has 0 aliphatic carbocycles. The zero-order chi connectivity index (χ0) is 29.0. The van der Waals surface area contributed by atoms with Gasteiger partial charge in [0.2, 0.25) is 0 Å². The smallest absolute Gasteiger partial charge is 0.0926 e. The van der Waals surface area contributed by atoms with E-state index in [1.807, 2.05) is 13.8 Å². The minimum absolute atomic E-state index is 0.264. The predicted molar refractivity (Wildman–Crippen MR) is 166 cm³/mol. The molecule has 0 aliphatic rings. The van der Waals surface area contributed by atoms with Crippen LogP contribution in [-0.4, -0.2) is 17.9 Å². The van der Waals surface area contributed by atoms with Crippen LogP contribution < -0.4 is 0 Å². The molecule has 0 aliphatic heterocycles. The molecular formula is C33H67NO. The van der Waals surface area contributed by atoms with E-state index in [4.69, 9.17) is 4.74 Å². The number of allylic oxidation sites excluding steroid dienone is 4. The molecule has 0 N–H and O–H groups in total. The van der Waals surface area contributed by atoms with E-state index in [0.29, 0.717) is 41.5 Å². The van der Waals surface area contributed by atoms with Crippen LogP contribution in [0.3, 0.4) is 0 Å². The van der Waals surface area contributed by atoms with Crippen LogP contribution in [0.15, 0.2) is 41.1 Å². The maximum atomic E-state index is 5.32. The summed E-state index contributed by atoms with van der Waals surface area (Å²) >= 11 is 0. The molecule has 0 amide bonds. The molecule has 0 aromatic carbocycles. The van der Waals surface area contributed by atoms with Crippen molar-refractivity contribution in [2.75, 3.05) is 0 Å². The van der Waals surface area contributed by atoms with Crippen molar-refractivity contribution in [3.63, 3.8) is 0 Å². The van der Waals surface area contributed by atoms with Crippen LogP contribution in [0.1, 0.15) is 125 Å². The minimum Gasteiger partial charge on any atom is -0.496 e. The number of hydrogen-bond donors (Lipinski definition) is 0. The topological polar surface area (TPSA) is 21.6 Å². The fourth-order valence-corrected chi connectivity index (χ4v) is 2.38. The first kappa shape index (κ1) is 40.8. The molecule has 2 heteroatoms. The third-order valence-corrected chi connectivity index (χ3v) is 5.32. The van der Waals surface area contributed by atoms with Crippen LogP contribution in [0, 0.1) is 35.5 Å². The fourth-order valence-electron chi connectivity index (χ4n) is 2.38. The first-order valence-corrected chi connectivity index (χ1v) is 13.9. The van der Waals surface area contributed by atoms with E-state index >= 15 is 0 Å². The third kappa shape index (κ3) is 32.7. The second kappa shape index (κ2) is 23.1. The highest BCUT2D eigenvalue weighted by molar-refractivity contribution is 5.83. The van der Waals surface area contributed by atoms with Gasteiger partial charge in [0.25, 0.3) is 0 Å². The molecule has 210 valence electrons. The normalized spacial score (nSPS) is 12.1. The average molecular weight is 494 g/mol. The predicted octanol–water partition coefficient (Wildman–Crippen LogP) is 11.2. The van der Waals surface area contributed by atoms with Gasteiger partial charge in [-0.3, -0.25) is 4.99 Å². The van der Waals surface area contributed by atoms with Gasteiger partial charge in [0.15, 0.2) is 0 Å². The Labute approximate surface area is 223 Å². The molecule has 0 unspecified atom stereocenters. The first-order valence-electron chi connectivity index (χ1n) is 13.9. The molecule has 0 bridgehead atoms. The lowest BCUT2D eigenvalue weighted by molar-refractivity contribution is 0.127. The third-order valence-electron chi connectivity index (χ3n) is 5.32. The lowest BCUT2D eigenvalue weighted by Gasteiger charge is -2.14. The lowest BCUT2D eigenvalue weighted by atomic mass is 9.95. The molecule has 0 aromatic heterocycles. The average Bonchev–Trinajstić information content (AvgIpc) is 2.66. The SMILES string of the molecule is C/C(=C/C(C)C)C(C)C.C=C(C(C)C)C(C)C.C=C(OC(C)C)C(C)C.CC(=NC(C)C)C(C)C. The van der Waals surface area contributed by atoms with Crippen LogP contribution in [-0.2, 0) is 4.74 Å². The standard InChI is InChI=1S/C9H18.C8H17N.C8H16O.C8H16/c1-7(2)6-9(5)8(3)4;2*1-6(2)8(5)9-7(3)4;1-6(2)8(5)7(3)4/h6-8H,1-5H3;6-7H,1-5H3;6-7H,5H2,1-4H3;6-7H,5H2,1-4H3/b9-6-;;;. The van der Waals surface area contributed by atoms with Crippen molar-refractivity contribution >= 4 is 5.71 Å². The number of aliphatic imine (C=N–C) groups is 1. The monoisotopic (exact) mass is 494 g/mol. The van der Waals surface area contributed by atoms with E-state index in [2.05, 4.69) is 135 Å². The summed E-state index contributed by atoms with van der Waals surface area (Å²) in [5.41, 5.74) is 4.11. The summed E-state index contributed by atoms with van der Waals surface area (Å²) in [5.74, 6) is 4.63. The van der Waals surface area contributed by atoms with Gasteiger partial charge in [-0.15, -0.1) is 0 Å². The maximum Gasteiger partial charge on any atom is 0.0926 e. The summed E-state index contributed by atoms with van der Waals surface area (Å²) < 4.78 is 5.32. The Hall–Kier alpha value is -1.31. The number of rotatable bonds is 9. The van der Waals surface area contributed by atoms with Crippen molar-refractivity contribution in [3.8, 4) is 0 Å². The Morgan fingerprint density at radius 3 is 1.09 bits per heavy atom. The molecule has 0 radical (unpaired) electrons. The van der Waals surface area contributed by atoms with Crippen LogP contribution in [0.5, 0.6) is 0 Å². The molecular weight excluding hydrogens is 426 g/mol. The van der Waals surface area contributed by atoms with Crippen LogP contribution in [0.25, 0.3) is 0 Å². The fraction of sp³-hybridized carbons (Fsp3) is 0.788. The lowest BCUT2D eigenvalue weighted by Crippen LogP contribution is -2.05. The Kier molecular flexibility index (Phi) is 27.0. The van der Waals surface area contributed by atoms with E-state index < -0.39 is 0 Å². The molecule has 0 spiro atoms. The quantitative estimate of drug-likeness (QED) is 0.178. The van der Waals surface area contributed by atoms with Crippen molar-refractivity contribution in [1.29, 1.82) is 0 Å². The minimum atomic E-state index is 0.264. The zero-order valence-electron chi connectivity index (χ0n) is 27.5. The van der Waals surface area contributed by atoms with Crippen molar-refractivity contribution in [1.82, 2.24) is 0 Å². The molecule has 0 atom stereocenters. The van der Waals surface area contributed by atoms with E-state index in [1.54, 1.807) is 0 Å². The van der Waals surface area contributed by atoms with Crippen molar-refractivity contribution in [2.45, 2.75) is 137 Å². The summed E-state index contributed by atoms with van der Waals surface area (Å²) in [6.45, 7) is 46.3. The summed E-state index contributed by atoms with van der Waals surface area (Å²) in [6.07, 6.45) is 2.59. The van der Waals surface area contributed by atoms with Gasteiger partial charge in [-0.1, -0.05) is 113 Å².